The molecule has 0 bridgehead atoms. The van der Waals surface area contributed by atoms with Crippen LogP contribution in [0.3, 0.4) is 0 Å². The summed E-state index contributed by atoms with van der Waals surface area (Å²) in [7, 11) is 1.87. The van der Waals surface area contributed by atoms with Gasteiger partial charge in [-0.25, -0.2) is 0 Å². The lowest BCUT2D eigenvalue weighted by molar-refractivity contribution is 0.0550. The fourth-order valence-corrected chi connectivity index (χ4v) is 1.66. The maximum absolute atomic E-state index is 5.38. The van der Waals surface area contributed by atoms with Crippen molar-refractivity contribution in [2.24, 2.45) is 0 Å². The maximum atomic E-state index is 5.38. The molecule has 0 radical (unpaired) electrons. The molecular weight excluding hydrogens is 214 g/mol. The molecule has 1 rings (SSSR count). The summed E-state index contributed by atoms with van der Waals surface area (Å²) in [5.74, 6) is 0. The van der Waals surface area contributed by atoms with E-state index in [0.717, 1.165) is 11.6 Å². The van der Waals surface area contributed by atoms with Crippen molar-refractivity contribution in [2.45, 2.75) is 26.5 Å². The molecule has 0 saturated heterocycles. The Morgan fingerprint density at radius 3 is 2.80 bits per heavy atom. The topological polar surface area (TPSA) is 56.3 Å². The largest absolute Gasteiger partial charge is 0.466 e. The summed E-state index contributed by atoms with van der Waals surface area (Å²) in [6.45, 7) is 5.82. The van der Waals surface area contributed by atoms with E-state index in [1.54, 1.807) is 0 Å². The Kier molecular flexibility index (Phi) is 5.52. The second-order valence-electron chi connectivity index (χ2n) is 3.26. The highest BCUT2D eigenvalue weighted by molar-refractivity contribution is 7.13. The Morgan fingerprint density at radius 2 is 2.13 bits per heavy atom. The fourth-order valence-electron chi connectivity index (χ4n) is 0.932. The van der Waals surface area contributed by atoms with Crippen LogP contribution in [-0.4, -0.2) is 36.6 Å². The molecule has 0 aliphatic rings. The average molecular weight is 231 g/mol. The SMILES string of the molecule is CNCc1nnc(OCCOC(C)C)s1. The van der Waals surface area contributed by atoms with Gasteiger partial charge in [-0.3, -0.25) is 0 Å². The van der Waals surface area contributed by atoms with Gasteiger partial charge in [-0.05, 0) is 20.9 Å². The molecule has 6 heteroatoms. The quantitative estimate of drug-likeness (QED) is 0.711. The van der Waals surface area contributed by atoms with Gasteiger partial charge in [-0.2, -0.15) is 0 Å². The van der Waals surface area contributed by atoms with Crippen molar-refractivity contribution in [3.8, 4) is 5.19 Å². The van der Waals surface area contributed by atoms with Gasteiger partial charge < -0.3 is 14.8 Å². The lowest BCUT2D eigenvalue weighted by Gasteiger charge is -2.06. The molecule has 1 heterocycles. The van der Waals surface area contributed by atoms with Gasteiger partial charge in [0.15, 0.2) is 0 Å². The first-order valence-electron chi connectivity index (χ1n) is 4.93. The Hall–Kier alpha value is -0.720. The molecule has 0 spiro atoms. The van der Waals surface area contributed by atoms with Crippen LogP contribution in [0.5, 0.6) is 5.19 Å². The minimum atomic E-state index is 0.239. The Morgan fingerprint density at radius 1 is 1.33 bits per heavy atom. The molecule has 0 fully saturated rings. The van der Waals surface area contributed by atoms with E-state index in [1.807, 2.05) is 20.9 Å². The third kappa shape index (κ3) is 5.06. The number of aromatic nitrogens is 2. The molecule has 1 N–H and O–H groups in total. The average Bonchev–Trinajstić information content (AvgIpc) is 2.61. The van der Waals surface area contributed by atoms with Crippen molar-refractivity contribution in [1.29, 1.82) is 0 Å². The minimum Gasteiger partial charge on any atom is -0.466 e. The van der Waals surface area contributed by atoms with E-state index >= 15 is 0 Å². The molecule has 5 nitrogen and oxygen atoms in total. The van der Waals surface area contributed by atoms with Crippen molar-refractivity contribution in [3.05, 3.63) is 5.01 Å². The normalized spacial score (nSPS) is 10.9. The number of rotatable bonds is 7. The number of nitrogens with one attached hydrogen (secondary N) is 1. The van der Waals surface area contributed by atoms with Crippen LogP contribution in [-0.2, 0) is 11.3 Å². The monoisotopic (exact) mass is 231 g/mol. The van der Waals surface area contributed by atoms with Crippen LogP contribution in [0.25, 0.3) is 0 Å². The van der Waals surface area contributed by atoms with Crippen molar-refractivity contribution < 1.29 is 9.47 Å². The van der Waals surface area contributed by atoms with Gasteiger partial charge in [0.1, 0.15) is 11.6 Å². The predicted octanol–water partition coefficient (Wildman–Crippen LogP) is 1.06. The Bertz CT molecular complexity index is 278. The van der Waals surface area contributed by atoms with Crippen molar-refractivity contribution >= 4 is 11.3 Å². The molecule has 0 aromatic carbocycles. The summed E-state index contributed by atoms with van der Waals surface area (Å²) in [6, 6.07) is 0. The lowest BCUT2D eigenvalue weighted by atomic mass is 10.5. The van der Waals surface area contributed by atoms with Crippen LogP contribution in [0, 0.1) is 0 Å². The molecule has 0 saturated carbocycles. The smallest absolute Gasteiger partial charge is 0.294 e. The van der Waals surface area contributed by atoms with E-state index in [-0.39, 0.29) is 6.10 Å². The van der Waals surface area contributed by atoms with Crippen LogP contribution in [0.15, 0.2) is 0 Å². The summed E-state index contributed by atoms with van der Waals surface area (Å²) in [6.07, 6.45) is 0.239. The van der Waals surface area contributed by atoms with Gasteiger partial charge in [0.05, 0.1) is 12.7 Å². The minimum absolute atomic E-state index is 0.239. The molecular formula is C9H17N3O2S. The van der Waals surface area contributed by atoms with Gasteiger partial charge in [-0.15, -0.1) is 10.2 Å². The Balaban J connectivity index is 2.19. The van der Waals surface area contributed by atoms with Crippen LogP contribution < -0.4 is 10.1 Å². The second kappa shape index (κ2) is 6.71. The first kappa shape index (κ1) is 12.4. The third-order valence-electron chi connectivity index (χ3n) is 1.54. The molecule has 0 aliphatic heterocycles. The maximum Gasteiger partial charge on any atom is 0.294 e. The van der Waals surface area contributed by atoms with Crippen molar-refractivity contribution in [2.75, 3.05) is 20.3 Å². The standard InChI is InChI=1S/C9H17N3O2S/c1-7(2)13-4-5-14-9-12-11-8(15-9)6-10-3/h7,10H,4-6H2,1-3H3. The van der Waals surface area contributed by atoms with E-state index in [4.69, 9.17) is 9.47 Å². The molecule has 0 atom stereocenters. The Labute approximate surface area is 93.8 Å². The summed E-state index contributed by atoms with van der Waals surface area (Å²) >= 11 is 1.45. The lowest BCUT2D eigenvalue weighted by Crippen LogP contribution is -2.11. The van der Waals surface area contributed by atoms with Gasteiger partial charge in [-0.1, -0.05) is 11.3 Å². The third-order valence-corrected chi connectivity index (χ3v) is 2.37. The van der Waals surface area contributed by atoms with Crippen molar-refractivity contribution in [1.82, 2.24) is 15.5 Å². The van der Waals surface area contributed by atoms with Crippen LogP contribution in [0.4, 0.5) is 0 Å². The zero-order chi connectivity index (χ0) is 11.1. The number of ether oxygens (including phenoxy) is 2. The van der Waals surface area contributed by atoms with Gasteiger partial charge in [0.2, 0.25) is 0 Å². The van der Waals surface area contributed by atoms with E-state index in [0.29, 0.717) is 18.4 Å². The number of hydrogen-bond acceptors (Lipinski definition) is 6. The fraction of sp³-hybridized carbons (Fsp3) is 0.778. The molecule has 1 aromatic heterocycles. The molecule has 0 amide bonds. The molecule has 0 unspecified atom stereocenters. The van der Waals surface area contributed by atoms with Gasteiger partial charge in [0.25, 0.3) is 5.19 Å². The van der Waals surface area contributed by atoms with Gasteiger partial charge >= 0.3 is 0 Å². The predicted molar refractivity (Wildman–Crippen MR) is 59.3 cm³/mol. The van der Waals surface area contributed by atoms with E-state index in [1.165, 1.54) is 11.3 Å². The highest BCUT2D eigenvalue weighted by atomic mass is 32.1. The zero-order valence-corrected chi connectivity index (χ0v) is 10.1. The first-order chi connectivity index (χ1) is 7.22. The number of hydrogen-bond donors (Lipinski definition) is 1. The van der Waals surface area contributed by atoms with Crippen molar-refractivity contribution in [3.63, 3.8) is 0 Å². The highest BCUT2D eigenvalue weighted by Crippen LogP contribution is 2.17. The number of nitrogens with zero attached hydrogens (tertiary/aromatic N) is 2. The second-order valence-corrected chi connectivity index (χ2v) is 4.28. The molecule has 0 aliphatic carbocycles. The highest BCUT2D eigenvalue weighted by Gasteiger charge is 2.03. The van der Waals surface area contributed by atoms with Crippen LogP contribution in [0.2, 0.25) is 0 Å². The summed E-state index contributed by atoms with van der Waals surface area (Å²) in [4.78, 5) is 0. The molecule has 15 heavy (non-hydrogen) atoms. The summed E-state index contributed by atoms with van der Waals surface area (Å²) < 4.78 is 10.7. The summed E-state index contributed by atoms with van der Waals surface area (Å²) in [5, 5.41) is 12.4. The van der Waals surface area contributed by atoms with E-state index < -0.39 is 0 Å². The van der Waals surface area contributed by atoms with E-state index in [2.05, 4.69) is 15.5 Å². The molecule has 1 aromatic rings. The van der Waals surface area contributed by atoms with Gasteiger partial charge in [0, 0.05) is 6.54 Å². The summed E-state index contributed by atoms with van der Waals surface area (Å²) in [5.41, 5.74) is 0. The molecule has 86 valence electrons. The first-order valence-corrected chi connectivity index (χ1v) is 5.75. The van der Waals surface area contributed by atoms with Crippen LogP contribution >= 0.6 is 11.3 Å². The zero-order valence-electron chi connectivity index (χ0n) is 9.32. The van der Waals surface area contributed by atoms with Crippen LogP contribution in [0.1, 0.15) is 18.9 Å². The van der Waals surface area contributed by atoms with E-state index in [9.17, 15) is 0 Å².